The number of carbonyl (C=O) groups excluding carboxylic acids is 1. The van der Waals surface area contributed by atoms with Gasteiger partial charge in [-0.25, -0.2) is 4.39 Å². The molecule has 1 heterocycles. The summed E-state index contributed by atoms with van der Waals surface area (Å²) in [5.41, 5.74) is 0.778. The van der Waals surface area contributed by atoms with Crippen LogP contribution in [0.4, 0.5) is 10.1 Å². The van der Waals surface area contributed by atoms with Crippen LogP contribution >= 0.6 is 11.8 Å². The van der Waals surface area contributed by atoms with Gasteiger partial charge in [-0.05, 0) is 32.9 Å². The average molecular weight is 340 g/mol. The highest BCUT2D eigenvalue weighted by atomic mass is 32.2. The maximum absolute atomic E-state index is 14.2. The van der Waals surface area contributed by atoms with Gasteiger partial charge in [0.1, 0.15) is 11.6 Å². The van der Waals surface area contributed by atoms with Crippen LogP contribution in [0.3, 0.4) is 0 Å². The topological polar surface area (TPSA) is 61.8 Å². The number of anilines is 1. The molecule has 1 atom stereocenters. The molecule has 0 amide bonds. The second-order valence-electron chi connectivity index (χ2n) is 5.08. The molecule has 23 heavy (non-hydrogen) atoms. The summed E-state index contributed by atoms with van der Waals surface area (Å²) in [4.78, 5) is 14.2. The first-order valence-corrected chi connectivity index (χ1v) is 8.30. The molecule has 0 aromatic heterocycles. The number of carbonyl (C=O) groups is 1. The molecule has 0 aliphatic carbocycles. The Morgan fingerprint density at radius 2 is 2.26 bits per heavy atom. The van der Waals surface area contributed by atoms with Gasteiger partial charge in [-0.2, -0.15) is 0 Å². The first-order valence-electron chi connectivity index (χ1n) is 7.42. The predicted molar refractivity (Wildman–Crippen MR) is 89.7 cm³/mol. The van der Waals surface area contributed by atoms with Crippen LogP contribution < -0.4 is 10.1 Å². The molecule has 5 nitrogen and oxygen atoms in total. The van der Waals surface area contributed by atoms with E-state index in [0.717, 1.165) is 5.70 Å². The fraction of sp³-hybridized carbons (Fsp3) is 0.438. The number of halogens is 1. The molecule has 0 saturated carbocycles. The van der Waals surface area contributed by atoms with E-state index >= 15 is 0 Å². The molecule has 0 bridgehead atoms. The van der Waals surface area contributed by atoms with E-state index in [1.54, 1.807) is 12.1 Å². The number of β-amino-alcohol motifs (C(OH)–C–C–N with tert-alkyl or cyclic N) is 1. The zero-order chi connectivity index (χ0) is 17.0. The molecule has 1 aromatic rings. The van der Waals surface area contributed by atoms with E-state index in [2.05, 4.69) is 5.32 Å². The number of allylic oxidation sites excluding steroid dienone is 2. The maximum Gasteiger partial charge on any atom is 0.168 e. The number of thioether (sulfide) groups is 1. The molecule has 0 saturated heterocycles. The molecule has 2 rings (SSSR count). The van der Waals surface area contributed by atoms with Crippen LogP contribution in [0.1, 0.15) is 20.8 Å². The van der Waals surface area contributed by atoms with Crippen LogP contribution in [-0.2, 0) is 4.79 Å². The normalized spacial score (nSPS) is 17.6. The van der Waals surface area contributed by atoms with Gasteiger partial charge in [0, 0.05) is 18.3 Å². The van der Waals surface area contributed by atoms with Gasteiger partial charge in [0.05, 0.1) is 23.8 Å². The van der Waals surface area contributed by atoms with Crippen LogP contribution in [0.25, 0.3) is 0 Å². The van der Waals surface area contributed by atoms with E-state index in [4.69, 9.17) is 4.74 Å². The average Bonchev–Trinajstić information content (AvgIpc) is 2.80. The van der Waals surface area contributed by atoms with Crippen molar-refractivity contribution in [2.75, 3.05) is 25.1 Å². The molecular weight excluding hydrogens is 319 g/mol. The molecule has 1 unspecified atom stereocenters. The Morgan fingerprint density at radius 1 is 1.52 bits per heavy atom. The number of aliphatic hydroxyl groups is 1. The number of nitrogens with zero attached hydrogens (tertiary/aromatic N) is 1. The van der Waals surface area contributed by atoms with Gasteiger partial charge in [-0.15, -0.1) is 0 Å². The third kappa shape index (κ3) is 3.97. The molecule has 1 aliphatic rings. The van der Waals surface area contributed by atoms with Crippen molar-refractivity contribution < 1.29 is 19.0 Å². The first-order chi connectivity index (χ1) is 11.0. The summed E-state index contributed by atoms with van der Waals surface area (Å²) >= 11 is 1.33. The second kappa shape index (κ2) is 7.70. The fourth-order valence-corrected chi connectivity index (χ4v) is 3.66. The molecule has 0 radical (unpaired) electrons. The Hall–Kier alpha value is -1.73. The molecule has 2 N–H and O–H groups in total. The number of ketones is 1. The van der Waals surface area contributed by atoms with Crippen LogP contribution in [0.5, 0.6) is 5.75 Å². The largest absolute Gasteiger partial charge is 0.494 e. The Bertz CT molecular complexity index is 621. The number of nitrogens with one attached hydrogen (secondary N) is 1. The number of benzene rings is 1. The monoisotopic (exact) mass is 340 g/mol. The van der Waals surface area contributed by atoms with Crippen LogP contribution in [0.2, 0.25) is 0 Å². The van der Waals surface area contributed by atoms with Crippen LogP contribution in [0, 0.1) is 5.82 Å². The predicted octanol–water partition coefficient (Wildman–Crippen LogP) is 2.78. The van der Waals surface area contributed by atoms with Gasteiger partial charge in [0.2, 0.25) is 0 Å². The fourth-order valence-electron chi connectivity index (χ4n) is 2.41. The molecule has 1 aliphatic heterocycles. The van der Waals surface area contributed by atoms with Crippen molar-refractivity contribution in [1.29, 1.82) is 0 Å². The Balaban J connectivity index is 2.17. The van der Waals surface area contributed by atoms with Gasteiger partial charge >= 0.3 is 0 Å². The van der Waals surface area contributed by atoms with Gasteiger partial charge < -0.3 is 20.1 Å². The van der Waals surface area contributed by atoms with Crippen molar-refractivity contribution in [3.63, 3.8) is 0 Å². The lowest BCUT2D eigenvalue weighted by molar-refractivity contribution is -0.113. The molecular formula is C16H21FN2O3S. The number of Topliss-reactive ketones (excluding diaryl/α,β-unsaturated/α-hetero) is 1. The maximum atomic E-state index is 14.2. The summed E-state index contributed by atoms with van der Waals surface area (Å²) in [6.45, 7) is 5.96. The van der Waals surface area contributed by atoms with Crippen LogP contribution in [-0.4, -0.2) is 41.0 Å². The highest BCUT2D eigenvalue weighted by Crippen LogP contribution is 2.39. The minimum atomic E-state index is -0.422. The molecule has 0 fully saturated rings. The van der Waals surface area contributed by atoms with Gasteiger partial charge in [0.15, 0.2) is 11.3 Å². The van der Waals surface area contributed by atoms with E-state index in [1.807, 2.05) is 18.7 Å². The number of aliphatic hydroxyl groups excluding tert-OH is 1. The van der Waals surface area contributed by atoms with E-state index in [9.17, 15) is 14.3 Å². The highest BCUT2D eigenvalue weighted by Gasteiger charge is 2.32. The van der Waals surface area contributed by atoms with E-state index in [1.165, 1.54) is 24.8 Å². The summed E-state index contributed by atoms with van der Waals surface area (Å²) in [6, 6.07) is 4.63. The van der Waals surface area contributed by atoms with Crippen LogP contribution in [0.15, 0.2) is 28.8 Å². The lowest BCUT2D eigenvalue weighted by atomic mass is 10.3. The van der Waals surface area contributed by atoms with Crippen molar-refractivity contribution in [3.05, 3.63) is 34.6 Å². The Morgan fingerprint density at radius 3 is 2.83 bits per heavy atom. The van der Waals surface area contributed by atoms with E-state index in [0.29, 0.717) is 29.5 Å². The summed E-state index contributed by atoms with van der Waals surface area (Å²) in [7, 11) is 0. The first kappa shape index (κ1) is 17.6. The molecule has 1 aromatic carbocycles. The number of hydrogen-bond acceptors (Lipinski definition) is 6. The van der Waals surface area contributed by atoms with Crippen molar-refractivity contribution in [2.45, 2.75) is 26.3 Å². The summed E-state index contributed by atoms with van der Waals surface area (Å²) in [5, 5.41) is 12.3. The smallest absolute Gasteiger partial charge is 0.168 e. The number of ether oxygens (including phenoxy) is 1. The van der Waals surface area contributed by atoms with E-state index < -0.39 is 5.82 Å². The highest BCUT2D eigenvalue weighted by molar-refractivity contribution is 8.04. The third-order valence-corrected chi connectivity index (χ3v) is 4.88. The lowest BCUT2D eigenvalue weighted by Gasteiger charge is -2.28. The van der Waals surface area contributed by atoms with Crippen molar-refractivity contribution in [2.24, 2.45) is 0 Å². The molecule has 7 heteroatoms. The van der Waals surface area contributed by atoms with Gasteiger partial charge in [-0.1, -0.05) is 11.8 Å². The minimum Gasteiger partial charge on any atom is -0.494 e. The number of hydrogen-bond donors (Lipinski definition) is 2. The summed E-state index contributed by atoms with van der Waals surface area (Å²) in [5.74, 6) is 0.0156. The summed E-state index contributed by atoms with van der Waals surface area (Å²) < 4.78 is 19.5. The Kier molecular flexibility index (Phi) is 5.90. The van der Waals surface area contributed by atoms with Crippen molar-refractivity contribution >= 4 is 23.2 Å². The quantitative estimate of drug-likeness (QED) is 0.796. The van der Waals surface area contributed by atoms with Crippen molar-refractivity contribution in [3.8, 4) is 5.75 Å². The SMILES string of the molecule is CCOc1ccc(NC2SC(C(C)=O)=C(C)N2CCO)c(F)c1. The van der Waals surface area contributed by atoms with Gasteiger partial charge in [0.25, 0.3) is 0 Å². The third-order valence-electron chi connectivity index (χ3n) is 3.46. The zero-order valence-electron chi connectivity index (χ0n) is 13.4. The molecule has 0 spiro atoms. The summed E-state index contributed by atoms with van der Waals surface area (Å²) in [6.07, 6.45) is 0. The lowest BCUT2D eigenvalue weighted by Crippen LogP contribution is -2.36. The standard InChI is InChI=1S/C16H21FN2O3S/c1-4-22-12-5-6-14(13(17)9-12)18-16-19(7-8-20)10(2)15(23-16)11(3)21/h5-6,9,16,18,20H,4,7-8H2,1-3H3. The number of rotatable bonds is 7. The van der Waals surface area contributed by atoms with E-state index in [-0.39, 0.29) is 17.9 Å². The van der Waals surface area contributed by atoms with Crippen molar-refractivity contribution in [1.82, 2.24) is 4.90 Å². The molecule has 126 valence electrons. The Labute approximate surface area is 139 Å². The minimum absolute atomic E-state index is 0.0353. The van der Waals surface area contributed by atoms with Gasteiger partial charge in [-0.3, -0.25) is 4.79 Å². The zero-order valence-corrected chi connectivity index (χ0v) is 14.2. The second-order valence-corrected chi connectivity index (χ2v) is 6.17.